The zero-order chi connectivity index (χ0) is 18.4. The van der Waals surface area contributed by atoms with Crippen LogP contribution >= 0.6 is 0 Å². The van der Waals surface area contributed by atoms with Gasteiger partial charge in [0.1, 0.15) is 0 Å². The Balaban J connectivity index is 1.46. The Hall–Kier alpha value is -2.25. The zero-order valence-electron chi connectivity index (χ0n) is 14.9. The highest BCUT2D eigenvalue weighted by Gasteiger charge is 2.23. The molecule has 1 aromatic rings. The number of carbonyl (C=O) groups is 1. The summed E-state index contributed by atoms with van der Waals surface area (Å²) in [5.74, 6) is 0.606. The first-order chi connectivity index (χ1) is 12.6. The maximum absolute atomic E-state index is 12.4. The van der Waals surface area contributed by atoms with Crippen molar-refractivity contribution >= 4 is 17.7 Å². The molecule has 2 fully saturated rings. The van der Waals surface area contributed by atoms with Gasteiger partial charge in [0.15, 0.2) is 0 Å². The highest BCUT2D eigenvalue weighted by Crippen LogP contribution is 2.21. The molecule has 0 N–H and O–H groups in total. The van der Waals surface area contributed by atoms with Gasteiger partial charge in [0, 0.05) is 38.3 Å². The highest BCUT2D eigenvalue weighted by atomic mass is 16.6. The van der Waals surface area contributed by atoms with E-state index < -0.39 is 0 Å². The van der Waals surface area contributed by atoms with Crippen LogP contribution in [0.5, 0.6) is 0 Å². The number of likely N-dealkylation sites (tertiary alicyclic amines) is 1. The third-order valence-corrected chi connectivity index (χ3v) is 5.00. The first-order valence-electron chi connectivity index (χ1n) is 9.12. The molecule has 0 aromatic heterocycles. The standard InChI is InChI=1S/C19H25N3O4/c23-19(15-20-10-12-26-13-11-20)21-8-6-16(7-9-21)4-5-17-2-1-3-18(14-17)22(24)25/h1-5,14,16H,6-13,15H2/b5-4-. The van der Waals surface area contributed by atoms with Gasteiger partial charge in [-0.25, -0.2) is 0 Å². The summed E-state index contributed by atoms with van der Waals surface area (Å²) in [5, 5.41) is 10.8. The van der Waals surface area contributed by atoms with Crippen LogP contribution in [0, 0.1) is 16.0 Å². The number of hydrogen-bond donors (Lipinski definition) is 0. The van der Waals surface area contributed by atoms with Crippen molar-refractivity contribution in [1.29, 1.82) is 0 Å². The number of ether oxygens (including phenoxy) is 1. The van der Waals surface area contributed by atoms with Gasteiger partial charge in [0.2, 0.25) is 5.91 Å². The number of hydrogen-bond acceptors (Lipinski definition) is 5. The van der Waals surface area contributed by atoms with Crippen LogP contribution < -0.4 is 0 Å². The van der Waals surface area contributed by atoms with Crippen molar-refractivity contribution in [2.24, 2.45) is 5.92 Å². The van der Waals surface area contributed by atoms with E-state index in [4.69, 9.17) is 4.74 Å². The minimum atomic E-state index is -0.379. The van der Waals surface area contributed by atoms with Gasteiger partial charge in [-0.05, 0) is 24.3 Å². The molecule has 0 aliphatic carbocycles. The SMILES string of the molecule is O=C(CN1CCOCC1)N1CCC(/C=C\c2cccc([N+](=O)[O-])c2)CC1. The molecule has 0 radical (unpaired) electrons. The average molecular weight is 359 g/mol. The molecular weight excluding hydrogens is 334 g/mol. The number of nitro benzene ring substituents is 1. The third kappa shape index (κ3) is 5.12. The lowest BCUT2D eigenvalue weighted by atomic mass is 9.95. The predicted octanol–water partition coefficient (Wildman–Crippen LogP) is 2.18. The molecule has 140 valence electrons. The normalized spacial score (nSPS) is 19.8. The van der Waals surface area contributed by atoms with Crippen LogP contribution in [-0.2, 0) is 9.53 Å². The van der Waals surface area contributed by atoms with E-state index in [0.29, 0.717) is 25.7 Å². The lowest BCUT2D eigenvalue weighted by Crippen LogP contribution is -2.46. The lowest BCUT2D eigenvalue weighted by molar-refractivity contribution is -0.384. The molecule has 3 rings (SSSR count). The Bertz CT molecular complexity index is 663. The fourth-order valence-electron chi connectivity index (χ4n) is 3.38. The summed E-state index contributed by atoms with van der Waals surface area (Å²) in [5.41, 5.74) is 0.945. The molecule has 2 aliphatic rings. The van der Waals surface area contributed by atoms with Gasteiger partial charge in [0.05, 0.1) is 24.7 Å². The van der Waals surface area contributed by atoms with E-state index in [1.54, 1.807) is 12.1 Å². The molecule has 0 atom stereocenters. The summed E-state index contributed by atoms with van der Waals surface area (Å²) >= 11 is 0. The van der Waals surface area contributed by atoms with E-state index in [2.05, 4.69) is 11.0 Å². The van der Waals surface area contributed by atoms with E-state index in [9.17, 15) is 14.9 Å². The number of carbonyl (C=O) groups excluding carboxylic acids is 1. The Morgan fingerprint density at radius 3 is 2.65 bits per heavy atom. The van der Waals surface area contributed by atoms with Gasteiger partial charge in [-0.3, -0.25) is 19.8 Å². The molecule has 1 aromatic carbocycles. The highest BCUT2D eigenvalue weighted by molar-refractivity contribution is 5.78. The van der Waals surface area contributed by atoms with Gasteiger partial charge >= 0.3 is 0 Å². The van der Waals surface area contributed by atoms with Crippen LogP contribution in [0.15, 0.2) is 30.3 Å². The number of non-ortho nitro benzene ring substituents is 1. The van der Waals surface area contributed by atoms with Gasteiger partial charge < -0.3 is 9.64 Å². The van der Waals surface area contributed by atoms with Crippen molar-refractivity contribution in [1.82, 2.24) is 9.80 Å². The van der Waals surface area contributed by atoms with E-state index in [1.165, 1.54) is 6.07 Å². The van der Waals surface area contributed by atoms with Crippen molar-refractivity contribution < 1.29 is 14.5 Å². The van der Waals surface area contributed by atoms with Gasteiger partial charge in [-0.1, -0.05) is 24.3 Å². The molecule has 7 nitrogen and oxygen atoms in total. The van der Waals surface area contributed by atoms with Gasteiger partial charge in [-0.2, -0.15) is 0 Å². The maximum Gasteiger partial charge on any atom is 0.270 e. The first-order valence-corrected chi connectivity index (χ1v) is 9.12. The smallest absolute Gasteiger partial charge is 0.270 e. The van der Waals surface area contributed by atoms with Crippen LogP contribution in [0.25, 0.3) is 6.08 Å². The molecule has 7 heteroatoms. The average Bonchev–Trinajstić information content (AvgIpc) is 2.68. The first kappa shape index (κ1) is 18.5. The predicted molar refractivity (Wildman–Crippen MR) is 98.7 cm³/mol. The Kier molecular flexibility index (Phi) is 6.35. The number of nitrogens with zero attached hydrogens (tertiary/aromatic N) is 3. The summed E-state index contributed by atoms with van der Waals surface area (Å²) in [4.78, 5) is 27.0. The van der Waals surface area contributed by atoms with Crippen molar-refractivity contribution in [2.75, 3.05) is 45.9 Å². The van der Waals surface area contributed by atoms with Crippen molar-refractivity contribution in [3.63, 3.8) is 0 Å². The summed E-state index contributed by atoms with van der Waals surface area (Å²) in [6.45, 7) is 5.09. The molecule has 0 spiro atoms. The molecule has 2 heterocycles. The van der Waals surface area contributed by atoms with Crippen LogP contribution in [0.2, 0.25) is 0 Å². The minimum absolute atomic E-state index is 0.107. The quantitative estimate of drug-likeness (QED) is 0.595. The second-order valence-corrected chi connectivity index (χ2v) is 6.82. The van der Waals surface area contributed by atoms with E-state index in [-0.39, 0.29) is 16.5 Å². The molecule has 2 saturated heterocycles. The topological polar surface area (TPSA) is 75.9 Å². The number of rotatable bonds is 5. The number of morpholine rings is 1. The third-order valence-electron chi connectivity index (χ3n) is 5.00. The second kappa shape index (κ2) is 8.91. The lowest BCUT2D eigenvalue weighted by Gasteiger charge is -2.33. The van der Waals surface area contributed by atoms with Gasteiger partial charge in [-0.15, -0.1) is 0 Å². The monoisotopic (exact) mass is 359 g/mol. The molecule has 0 bridgehead atoms. The van der Waals surface area contributed by atoms with Crippen molar-refractivity contribution in [2.45, 2.75) is 12.8 Å². The van der Waals surface area contributed by atoms with Crippen LogP contribution in [0.1, 0.15) is 18.4 Å². The van der Waals surface area contributed by atoms with Crippen LogP contribution in [0.3, 0.4) is 0 Å². The number of benzene rings is 1. The van der Waals surface area contributed by atoms with Crippen molar-refractivity contribution in [3.8, 4) is 0 Å². The number of allylic oxidation sites excluding steroid dienone is 1. The Labute approximate surface area is 153 Å². The molecule has 1 amide bonds. The summed E-state index contributed by atoms with van der Waals surface area (Å²) < 4.78 is 5.31. The van der Waals surface area contributed by atoms with Gasteiger partial charge in [0.25, 0.3) is 5.69 Å². The fourth-order valence-corrected chi connectivity index (χ4v) is 3.38. The number of nitro groups is 1. The molecule has 2 aliphatic heterocycles. The summed E-state index contributed by atoms with van der Waals surface area (Å²) in [6, 6.07) is 6.64. The van der Waals surface area contributed by atoms with Crippen LogP contribution in [-0.4, -0.2) is 66.6 Å². The number of piperidine rings is 1. The minimum Gasteiger partial charge on any atom is -0.379 e. The Morgan fingerprint density at radius 2 is 1.96 bits per heavy atom. The summed E-state index contributed by atoms with van der Waals surface area (Å²) in [7, 11) is 0. The molecule has 0 unspecified atom stereocenters. The largest absolute Gasteiger partial charge is 0.379 e. The van der Waals surface area contributed by atoms with E-state index in [0.717, 1.165) is 44.6 Å². The van der Waals surface area contributed by atoms with E-state index >= 15 is 0 Å². The molecule has 26 heavy (non-hydrogen) atoms. The Morgan fingerprint density at radius 1 is 1.23 bits per heavy atom. The second-order valence-electron chi connectivity index (χ2n) is 6.82. The molecule has 0 saturated carbocycles. The van der Waals surface area contributed by atoms with Crippen molar-refractivity contribution in [3.05, 3.63) is 46.0 Å². The zero-order valence-corrected chi connectivity index (χ0v) is 14.9. The fraction of sp³-hybridized carbons (Fsp3) is 0.526. The van der Waals surface area contributed by atoms with Crippen LogP contribution in [0.4, 0.5) is 5.69 Å². The maximum atomic E-state index is 12.4. The van der Waals surface area contributed by atoms with E-state index in [1.807, 2.05) is 17.0 Å². The molecular formula is C19H25N3O4. The summed E-state index contributed by atoms with van der Waals surface area (Å²) in [6.07, 6.45) is 5.92. The number of amides is 1.